The fourth-order valence-corrected chi connectivity index (χ4v) is 4.27. The smallest absolute Gasteiger partial charge is 0.393 e. The van der Waals surface area contributed by atoms with Crippen molar-refractivity contribution in [3.63, 3.8) is 0 Å². The number of rotatable bonds is 4. The number of guanidine groups is 1. The molecular weight excluding hydrogens is 413 g/mol. The summed E-state index contributed by atoms with van der Waals surface area (Å²) in [5.41, 5.74) is 0.109. The minimum Gasteiger partial charge on any atom is -0.466 e. The molecule has 3 aliphatic heterocycles. The summed E-state index contributed by atoms with van der Waals surface area (Å²) in [5, 5.41) is 0.169. The zero-order valence-electron chi connectivity index (χ0n) is 16.1. The molecule has 0 bridgehead atoms. The average Bonchev–Trinajstić information content (AvgIpc) is 3.44. The molecule has 0 spiro atoms. The van der Waals surface area contributed by atoms with Crippen molar-refractivity contribution in [3.8, 4) is 0 Å². The molecule has 1 fully saturated rings. The third-order valence-corrected chi connectivity index (χ3v) is 5.94. The van der Waals surface area contributed by atoms with E-state index >= 15 is 0 Å². The van der Waals surface area contributed by atoms with Gasteiger partial charge in [-0.25, -0.2) is 14.1 Å². The van der Waals surface area contributed by atoms with Crippen molar-refractivity contribution in [1.82, 2.24) is 14.7 Å². The first-order chi connectivity index (χ1) is 14.5. The second-order valence-electron chi connectivity index (χ2n) is 7.33. The molecular formula is C20H18ClFN5O3+. The number of furan rings is 1. The van der Waals surface area contributed by atoms with Crippen molar-refractivity contribution in [2.75, 3.05) is 20.1 Å². The van der Waals surface area contributed by atoms with E-state index in [2.05, 4.69) is 4.99 Å². The Hall–Kier alpha value is -3.20. The van der Waals surface area contributed by atoms with Crippen molar-refractivity contribution in [1.29, 1.82) is 0 Å². The van der Waals surface area contributed by atoms with Crippen LogP contribution in [0.4, 0.5) is 9.18 Å². The lowest BCUT2D eigenvalue weighted by molar-refractivity contribution is -0.537. The summed E-state index contributed by atoms with van der Waals surface area (Å²) in [6, 6.07) is 6.67. The zero-order chi connectivity index (χ0) is 21.0. The van der Waals surface area contributed by atoms with Gasteiger partial charge in [0.2, 0.25) is 11.9 Å². The number of benzene rings is 1. The first-order valence-electron chi connectivity index (χ1n) is 9.47. The van der Waals surface area contributed by atoms with Gasteiger partial charge in [-0.05, 0) is 24.3 Å². The van der Waals surface area contributed by atoms with Crippen molar-refractivity contribution < 1.29 is 23.0 Å². The Morgan fingerprint density at radius 1 is 1.30 bits per heavy atom. The van der Waals surface area contributed by atoms with E-state index in [-0.39, 0.29) is 17.1 Å². The van der Waals surface area contributed by atoms with E-state index in [9.17, 15) is 14.0 Å². The van der Waals surface area contributed by atoms with E-state index < -0.39 is 23.8 Å². The normalized spacial score (nSPS) is 20.8. The summed E-state index contributed by atoms with van der Waals surface area (Å²) < 4.78 is 21.7. The molecule has 2 aromatic rings. The van der Waals surface area contributed by atoms with E-state index in [0.29, 0.717) is 31.4 Å². The lowest BCUT2D eigenvalue weighted by Crippen LogP contribution is -2.63. The minimum absolute atomic E-state index is 0.109. The third kappa shape index (κ3) is 2.80. The number of nitrogens with zero attached hydrogens (tertiary/aromatic N) is 5. The number of imide groups is 1. The Kier molecular flexibility index (Phi) is 4.35. The number of urea groups is 1. The maximum Gasteiger partial charge on any atom is 0.393 e. The molecule has 0 aliphatic carbocycles. The number of amidine groups is 1. The molecule has 8 nitrogen and oxygen atoms in total. The van der Waals surface area contributed by atoms with Crippen molar-refractivity contribution in [3.05, 3.63) is 58.8 Å². The summed E-state index contributed by atoms with van der Waals surface area (Å²) >= 11 is 6.11. The maximum atomic E-state index is 14.3. The molecule has 3 amide bonds. The van der Waals surface area contributed by atoms with E-state index in [0.717, 1.165) is 10.7 Å². The molecule has 1 saturated heterocycles. The Morgan fingerprint density at radius 3 is 2.87 bits per heavy atom. The van der Waals surface area contributed by atoms with Crippen molar-refractivity contribution in [2.45, 2.75) is 19.1 Å². The molecule has 10 heteroatoms. The molecule has 0 radical (unpaired) electrons. The third-order valence-electron chi connectivity index (χ3n) is 5.59. The van der Waals surface area contributed by atoms with Crippen LogP contribution in [-0.2, 0) is 17.9 Å². The first-order valence-corrected chi connectivity index (χ1v) is 9.85. The highest BCUT2D eigenvalue weighted by atomic mass is 35.5. The van der Waals surface area contributed by atoms with Gasteiger partial charge in [0.1, 0.15) is 18.1 Å². The Bertz CT molecular complexity index is 1090. The number of halogens is 2. The molecule has 154 valence electrons. The van der Waals surface area contributed by atoms with Crippen LogP contribution in [-0.4, -0.2) is 69.2 Å². The molecule has 1 unspecified atom stereocenters. The highest BCUT2D eigenvalue weighted by Crippen LogP contribution is 2.29. The summed E-state index contributed by atoms with van der Waals surface area (Å²) in [6.45, 7) is 1.53. The van der Waals surface area contributed by atoms with Crippen LogP contribution in [0.2, 0.25) is 5.02 Å². The van der Waals surface area contributed by atoms with Gasteiger partial charge in [-0.2, -0.15) is 0 Å². The lowest BCUT2D eigenvalue weighted by Gasteiger charge is -2.34. The van der Waals surface area contributed by atoms with Gasteiger partial charge in [-0.15, -0.1) is 0 Å². The van der Waals surface area contributed by atoms with E-state index in [4.69, 9.17) is 16.0 Å². The minimum atomic E-state index is -0.727. The topological polar surface area (TPSA) is 72.4 Å². The average molecular weight is 431 g/mol. The number of amides is 3. The van der Waals surface area contributed by atoms with Crippen LogP contribution in [0.1, 0.15) is 11.3 Å². The predicted octanol–water partition coefficient (Wildman–Crippen LogP) is 2.13. The van der Waals surface area contributed by atoms with Crippen molar-refractivity contribution >= 4 is 35.3 Å². The van der Waals surface area contributed by atoms with Gasteiger partial charge in [0, 0.05) is 17.6 Å². The van der Waals surface area contributed by atoms with Crippen LogP contribution in [0.25, 0.3) is 0 Å². The van der Waals surface area contributed by atoms with E-state index in [1.807, 2.05) is 21.6 Å². The van der Waals surface area contributed by atoms with E-state index in [1.165, 1.54) is 23.1 Å². The summed E-state index contributed by atoms with van der Waals surface area (Å²) in [5.74, 6) is 0.789. The second kappa shape index (κ2) is 6.94. The van der Waals surface area contributed by atoms with Gasteiger partial charge in [-0.3, -0.25) is 19.2 Å². The lowest BCUT2D eigenvalue weighted by atomic mass is 10.1. The molecule has 1 atom stereocenters. The number of carbonyl (C=O) groups excluding carboxylic acids is 2. The van der Waals surface area contributed by atoms with Crippen LogP contribution in [0, 0.1) is 5.82 Å². The summed E-state index contributed by atoms with van der Waals surface area (Å²) in [4.78, 5) is 35.0. The molecule has 30 heavy (non-hydrogen) atoms. The molecule has 0 saturated carbocycles. The van der Waals surface area contributed by atoms with Gasteiger partial charge >= 0.3 is 12.0 Å². The highest BCUT2D eigenvalue weighted by Gasteiger charge is 2.57. The largest absolute Gasteiger partial charge is 0.466 e. The number of hydrogen-bond donors (Lipinski definition) is 0. The van der Waals surface area contributed by atoms with Crippen LogP contribution in [0.15, 0.2) is 46.0 Å². The Labute approximate surface area is 176 Å². The molecule has 0 N–H and O–H groups in total. The van der Waals surface area contributed by atoms with Gasteiger partial charge in [0.25, 0.3) is 5.91 Å². The van der Waals surface area contributed by atoms with Gasteiger partial charge in [0.05, 0.1) is 25.9 Å². The van der Waals surface area contributed by atoms with Crippen LogP contribution < -0.4 is 0 Å². The quantitative estimate of drug-likeness (QED) is 0.697. The summed E-state index contributed by atoms with van der Waals surface area (Å²) in [6.07, 6.45) is 1.61. The van der Waals surface area contributed by atoms with Gasteiger partial charge in [-0.1, -0.05) is 22.7 Å². The zero-order valence-corrected chi connectivity index (χ0v) is 16.8. The number of carbonyl (C=O) groups is 2. The SMILES string of the molecule is CN1C(=O)N(Cc2c(F)cccc2Cl)C(=O)C2C1=NC1=[N+](Cc3ccco3)CCN12. The molecule has 4 heterocycles. The monoisotopic (exact) mass is 430 g/mol. The summed E-state index contributed by atoms with van der Waals surface area (Å²) in [7, 11) is 1.57. The highest BCUT2D eigenvalue weighted by molar-refractivity contribution is 6.31. The van der Waals surface area contributed by atoms with Crippen molar-refractivity contribution in [2.24, 2.45) is 4.99 Å². The maximum absolute atomic E-state index is 14.3. The second-order valence-corrected chi connectivity index (χ2v) is 7.74. The Balaban J connectivity index is 1.47. The standard InChI is InChI=1S/C20H18ClFN5O3/c1-24-17-16(26-8-7-25(19(26)23-17)10-12-4-3-9-30-12)18(28)27(20(24)29)11-13-14(21)5-2-6-15(13)22/h2-6,9,16H,7-8,10-11H2,1H3/q+1. The number of hydrogen-bond acceptors (Lipinski definition) is 5. The predicted molar refractivity (Wildman–Crippen MR) is 106 cm³/mol. The first kappa shape index (κ1) is 18.8. The molecule has 1 aromatic carbocycles. The van der Waals surface area contributed by atoms with Crippen LogP contribution in [0.5, 0.6) is 0 Å². The van der Waals surface area contributed by atoms with Crippen LogP contribution in [0.3, 0.4) is 0 Å². The number of likely N-dealkylation sites (N-methyl/N-ethyl adjacent to an activating group) is 1. The van der Waals surface area contributed by atoms with E-state index in [1.54, 1.807) is 13.3 Å². The number of aliphatic imine (C=N–C) groups is 1. The van der Waals surface area contributed by atoms with Gasteiger partial charge < -0.3 is 4.42 Å². The fraction of sp³-hybridized carbons (Fsp3) is 0.300. The fourth-order valence-electron chi connectivity index (χ4n) is 4.04. The van der Waals surface area contributed by atoms with Gasteiger partial charge in [0.15, 0.2) is 0 Å². The molecule has 3 aliphatic rings. The molecule has 1 aromatic heterocycles. The Morgan fingerprint density at radius 2 is 2.13 bits per heavy atom. The molecule has 5 rings (SSSR count). The number of fused-ring (bicyclic) bond motifs is 3. The van der Waals surface area contributed by atoms with Crippen LogP contribution >= 0.6 is 11.6 Å².